The molecule has 0 bridgehead atoms. The Balaban J connectivity index is 0.000000921. The summed E-state index contributed by atoms with van der Waals surface area (Å²) < 4.78 is 26.8. The Morgan fingerprint density at radius 1 is 0.964 bits per heavy atom. The summed E-state index contributed by atoms with van der Waals surface area (Å²) in [5, 5.41) is 9.21. The molecule has 6 nitrogen and oxygen atoms in total. The molecule has 1 amide bonds. The van der Waals surface area contributed by atoms with Gasteiger partial charge in [0.2, 0.25) is 0 Å². The Kier molecular flexibility index (Phi) is 9.14. The highest BCUT2D eigenvalue weighted by atomic mass is 32.2. The van der Waals surface area contributed by atoms with Crippen molar-refractivity contribution >= 4 is 32.9 Å². The first kappa shape index (κ1) is 23.1. The molecule has 2 N–H and O–H groups in total. The Hall–Kier alpha value is -2.90. The summed E-state index contributed by atoms with van der Waals surface area (Å²) in [4.78, 5) is 11.3. The van der Waals surface area contributed by atoms with Gasteiger partial charge in [-0.1, -0.05) is 58.0 Å². The average molecular weight is 403 g/mol. The zero-order valence-electron chi connectivity index (χ0n) is 16.5. The van der Waals surface area contributed by atoms with Crippen molar-refractivity contribution in [2.24, 2.45) is 0 Å². The molecule has 0 atom stereocenters. The summed E-state index contributed by atoms with van der Waals surface area (Å²) >= 11 is 0. The fourth-order valence-electron chi connectivity index (χ4n) is 2.43. The van der Waals surface area contributed by atoms with Crippen LogP contribution in [-0.2, 0) is 14.8 Å². The van der Waals surface area contributed by atoms with Crippen LogP contribution < -0.4 is 5.48 Å². The number of amides is 1. The molecule has 150 valence electrons. The average Bonchev–Trinajstić information content (AvgIpc) is 3.21. The number of aromatic nitrogens is 1. The van der Waals surface area contributed by atoms with E-state index in [0.29, 0.717) is 16.5 Å². The fourth-order valence-corrected chi connectivity index (χ4v) is 3.80. The number of hydrogen-bond acceptors (Lipinski definition) is 4. The topological polar surface area (TPSA) is 88.4 Å². The van der Waals surface area contributed by atoms with Crippen LogP contribution in [0.2, 0.25) is 0 Å². The van der Waals surface area contributed by atoms with Gasteiger partial charge in [-0.3, -0.25) is 10.0 Å². The van der Waals surface area contributed by atoms with E-state index in [1.165, 1.54) is 33.9 Å². The van der Waals surface area contributed by atoms with E-state index in [1.807, 2.05) is 27.7 Å². The molecule has 1 aromatic heterocycles. The molecule has 0 aliphatic rings. The zero-order valence-corrected chi connectivity index (χ0v) is 17.3. The van der Waals surface area contributed by atoms with Gasteiger partial charge < -0.3 is 0 Å². The van der Waals surface area contributed by atoms with Crippen molar-refractivity contribution in [3.8, 4) is 0 Å². The number of benzene rings is 2. The predicted octanol–water partition coefficient (Wildman–Crippen LogP) is 4.45. The van der Waals surface area contributed by atoms with Crippen LogP contribution in [-0.4, -0.2) is 23.5 Å². The maximum atomic E-state index is 12.8. The predicted molar refractivity (Wildman–Crippen MR) is 113 cm³/mol. The maximum absolute atomic E-state index is 12.8. The summed E-state index contributed by atoms with van der Waals surface area (Å²) in [6, 6.07) is 15.0. The minimum Gasteiger partial charge on any atom is -0.288 e. The van der Waals surface area contributed by atoms with E-state index >= 15 is 0 Å². The van der Waals surface area contributed by atoms with Crippen LogP contribution in [0.15, 0.2) is 71.8 Å². The van der Waals surface area contributed by atoms with Crippen LogP contribution in [0.25, 0.3) is 17.0 Å². The van der Waals surface area contributed by atoms with Gasteiger partial charge in [0.15, 0.2) is 0 Å². The lowest BCUT2D eigenvalue weighted by molar-refractivity contribution is -0.124. The molecule has 0 spiro atoms. The highest BCUT2D eigenvalue weighted by Gasteiger charge is 2.18. The molecule has 0 saturated heterocycles. The van der Waals surface area contributed by atoms with Gasteiger partial charge in [-0.15, -0.1) is 0 Å². The number of nitrogens with zero attached hydrogens (tertiary/aromatic N) is 1. The molecule has 0 aliphatic carbocycles. The third-order valence-corrected chi connectivity index (χ3v) is 5.26. The first-order valence-electron chi connectivity index (χ1n) is 9.07. The van der Waals surface area contributed by atoms with E-state index in [1.54, 1.807) is 42.5 Å². The Morgan fingerprint density at radius 2 is 1.61 bits per heavy atom. The number of carbonyl (C=O) groups is 1. The van der Waals surface area contributed by atoms with Crippen LogP contribution in [0.1, 0.15) is 33.3 Å². The highest BCUT2D eigenvalue weighted by Crippen LogP contribution is 2.25. The Morgan fingerprint density at radius 3 is 2.21 bits per heavy atom. The SMILES string of the molecule is CC.CC.O=C(/C=C/c1cccc2c1ccn2S(=O)(=O)c1ccccc1)NO. The molecule has 28 heavy (non-hydrogen) atoms. The van der Waals surface area contributed by atoms with Crippen molar-refractivity contribution in [3.05, 3.63) is 72.4 Å². The summed E-state index contributed by atoms with van der Waals surface area (Å²) in [5.41, 5.74) is 2.68. The lowest BCUT2D eigenvalue weighted by Crippen LogP contribution is -2.14. The Bertz CT molecular complexity index is 1020. The number of hydroxylamine groups is 1. The molecule has 0 fully saturated rings. The molecule has 3 aromatic rings. The third-order valence-electron chi connectivity index (χ3n) is 3.56. The van der Waals surface area contributed by atoms with Crippen LogP contribution >= 0.6 is 0 Å². The summed E-state index contributed by atoms with van der Waals surface area (Å²) in [6.07, 6.45) is 4.15. The van der Waals surface area contributed by atoms with Crippen molar-refractivity contribution in [1.82, 2.24) is 9.45 Å². The first-order valence-corrected chi connectivity index (χ1v) is 10.5. The van der Waals surface area contributed by atoms with E-state index in [2.05, 4.69) is 0 Å². The zero-order chi connectivity index (χ0) is 21.2. The fraction of sp³-hybridized carbons (Fsp3) is 0.190. The van der Waals surface area contributed by atoms with Gasteiger partial charge in [-0.05, 0) is 35.9 Å². The maximum Gasteiger partial charge on any atom is 0.268 e. The summed E-state index contributed by atoms with van der Waals surface area (Å²) in [5.74, 6) is -0.664. The number of hydrogen-bond donors (Lipinski definition) is 2. The van der Waals surface area contributed by atoms with E-state index in [9.17, 15) is 13.2 Å². The molecule has 2 aromatic carbocycles. The molecule has 0 radical (unpaired) electrons. The van der Waals surface area contributed by atoms with Gasteiger partial charge in [0, 0.05) is 17.7 Å². The molecule has 0 saturated carbocycles. The second-order valence-electron chi connectivity index (χ2n) is 5.02. The van der Waals surface area contributed by atoms with E-state index in [4.69, 9.17) is 5.21 Å². The van der Waals surface area contributed by atoms with Crippen molar-refractivity contribution in [3.63, 3.8) is 0 Å². The molecule has 7 heteroatoms. The molecule has 3 rings (SSSR count). The second-order valence-corrected chi connectivity index (χ2v) is 6.83. The van der Waals surface area contributed by atoms with Gasteiger partial charge in [-0.2, -0.15) is 0 Å². The Labute approximate surface area is 166 Å². The van der Waals surface area contributed by atoms with Crippen LogP contribution in [0.4, 0.5) is 0 Å². The minimum atomic E-state index is -3.70. The van der Waals surface area contributed by atoms with Crippen LogP contribution in [0.5, 0.6) is 0 Å². The van der Waals surface area contributed by atoms with Crippen LogP contribution in [0, 0.1) is 0 Å². The summed E-state index contributed by atoms with van der Waals surface area (Å²) in [7, 11) is -3.70. The van der Waals surface area contributed by atoms with Crippen molar-refractivity contribution in [2.75, 3.05) is 0 Å². The minimum absolute atomic E-state index is 0.197. The molecular formula is C21H26N2O4S. The van der Waals surface area contributed by atoms with Crippen molar-refractivity contribution in [2.45, 2.75) is 32.6 Å². The van der Waals surface area contributed by atoms with Gasteiger partial charge in [0.1, 0.15) is 0 Å². The third kappa shape index (κ3) is 5.09. The highest BCUT2D eigenvalue weighted by molar-refractivity contribution is 7.90. The number of rotatable bonds is 4. The number of fused-ring (bicyclic) bond motifs is 1. The van der Waals surface area contributed by atoms with Gasteiger partial charge in [-0.25, -0.2) is 17.9 Å². The monoisotopic (exact) mass is 402 g/mol. The van der Waals surface area contributed by atoms with E-state index in [0.717, 1.165) is 6.08 Å². The number of nitrogens with one attached hydrogen (secondary N) is 1. The molecule has 1 heterocycles. The van der Waals surface area contributed by atoms with E-state index in [-0.39, 0.29) is 4.90 Å². The van der Waals surface area contributed by atoms with Crippen molar-refractivity contribution < 1.29 is 18.4 Å². The van der Waals surface area contributed by atoms with Gasteiger partial charge >= 0.3 is 0 Å². The van der Waals surface area contributed by atoms with Crippen molar-refractivity contribution in [1.29, 1.82) is 0 Å². The lowest BCUT2D eigenvalue weighted by atomic mass is 10.1. The summed E-state index contributed by atoms with van der Waals surface area (Å²) in [6.45, 7) is 8.00. The van der Waals surface area contributed by atoms with E-state index < -0.39 is 15.9 Å². The van der Waals surface area contributed by atoms with Gasteiger partial charge in [0.25, 0.3) is 15.9 Å². The second kappa shape index (κ2) is 11.1. The quantitative estimate of drug-likeness (QED) is 0.383. The normalized spacial score (nSPS) is 10.6. The molecule has 0 aliphatic heterocycles. The lowest BCUT2D eigenvalue weighted by Gasteiger charge is -2.08. The standard InChI is InChI=1S/C17H14N2O4S.2C2H6/c20-17(18-21)10-9-13-5-4-8-16-15(13)11-12-19(16)24(22,23)14-6-2-1-3-7-14;2*1-2/h1-12,21H,(H,18,20);2*1-2H3/b10-9+;;. The smallest absolute Gasteiger partial charge is 0.268 e. The van der Waals surface area contributed by atoms with Crippen LogP contribution in [0.3, 0.4) is 0 Å². The number of carbonyl (C=O) groups excluding carboxylic acids is 1. The van der Waals surface area contributed by atoms with Gasteiger partial charge in [0.05, 0.1) is 10.4 Å². The molecule has 0 unspecified atom stereocenters. The molecular weight excluding hydrogens is 376 g/mol. The first-order chi connectivity index (χ1) is 13.5. The largest absolute Gasteiger partial charge is 0.288 e.